The maximum atomic E-state index is 12.7. The standard InChI is InChI=1S/C20H25Cl2N5O4/c1-25-12-15(19(24-25)30-2)20(29)27-9-7-26(8-10-27)6-5-23-18(28)13-31-17-4-3-14(21)11-16(17)22/h3-4,11-12H,5-10,13H2,1-2H3,(H,23,28). The molecule has 0 unspecified atom stereocenters. The summed E-state index contributed by atoms with van der Waals surface area (Å²) in [7, 11) is 3.25. The highest BCUT2D eigenvalue weighted by Gasteiger charge is 2.26. The molecule has 1 aromatic heterocycles. The van der Waals surface area contributed by atoms with E-state index in [1.807, 2.05) is 0 Å². The van der Waals surface area contributed by atoms with Gasteiger partial charge in [0.2, 0.25) is 5.88 Å². The Kier molecular flexibility index (Phi) is 8.00. The number of hydrogen-bond acceptors (Lipinski definition) is 6. The van der Waals surface area contributed by atoms with Crippen LogP contribution in [0.2, 0.25) is 10.0 Å². The first-order chi connectivity index (χ1) is 14.9. The molecule has 31 heavy (non-hydrogen) atoms. The summed E-state index contributed by atoms with van der Waals surface area (Å²) < 4.78 is 12.2. The van der Waals surface area contributed by atoms with Gasteiger partial charge < -0.3 is 19.7 Å². The minimum Gasteiger partial charge on any atom is -0.482 e. The Labute approximate surface area is 190 Å². The lowest BCUT2D eigenvalue weighted by atomic mass is 10.2. The molecule has 11 heteroatoms. The highest BCUT2D eigenvalue weighted by Crippen LogP contribution is 2.27. The number of methoxy groups -OCH3 is 1. The maximum Gasteiger partial charge on any atom is 0.261 e. The number of aryl methyl sites for hydroxylation is 1. The van der Waals surface area contributed by atoms with Gasteiger partial charge in [0, 0.05) is 57.5 Å². The number of hydrogen-bond donors (Lipinski definition) is 1. The number of benzene rings is 1. The van der Waals surface area contributed by atoms with Gasteiger partial charge in [-0.15, -0.1) is 5.10 Å². The Morgan fingerprint density at radius 1 is 1.19 bits per heavy atom. The Balaban J connectivity index is 1.36. The highest BCUT2D eigenvalue weighted by molar-refractivity contribution is 6.35. The van der Waals surface area contributed by atoms with Gasteiger partial charge in [0.1, 0.15) is 11.3 Å². The molecule has 2 heterocycles. The zero-order valence-electron chi connectivity index (χ0n) is 17.4. The number of nitrogens with one attached hydrogen (secondary N) is 1. The first-order valence-corrected chi connectivity index (χ1v) is 10.6. The first kappa shape index (κ1) is 23.2. The van der Waals surface area contributed by atoms with Crippen molar-refractivity contribution in [2.75, 3.05) is 53.0 Å². The monoisotopic (exact) mass is 469 g/mol. The molecule has 0 spiro atoms. The molecule has 168 valence electrons. The molecule has 1 aliphatic rings. The van der Waals surface area contributed by atoms with E-state index in [1.165, 1.54) is 7.11 Å². The van der Waals surface area contributed by atoms with Crippen LogP contribution in [-0.4, -0.2) is 84.4 Å². The third-order valence-electron chi connectivity index (χ3n) is 4.88. The maximum absolute atomic E-state index is 12.7. The molecule has 0 radical (unpaired) electrons. The summed E-state index contributed by atoms with van der Waals surface area (Å²) >= 11 is 11.9. The van der Waals surface area contributed by atoms with Crippen LogP contribution >= 0.6 is 23.2 Å². The van der Waals surface area contributed by atoms with Crippen molar-refractivity contribution in [3.8, 4) is 11.6 Å². The summed E-state index contributed by atoms with van der Waals surface area (Å²) in [5.41, 5.74) is 0.464. The SMILES string of the molecule is COc1nn(C)cc1C(=O)N1CCN(CCNC(=O)COc2ccc(Cl)cc2Cl)CC1. The van der Waals surface area contributed by atoms with Crippen molar-refractivity contribution in [1.82, 2.24) is 24.9 Å². The fourth-order valence-electron chi connectivity index (χ4n) is 3.25. The number of carbonyl (C=O) groups excluding carboxylic acids is 2. The van der Waals surface area contributed by atoms with E-state index in [9.17, 15) is 9.59 Å². The van der Waals surface area contributed by atoms with Gasteiger partial charge in [-0.1, -0.05) is 23.2 Å². The van der Waals surface area contributed by atoms with Crippen LogP contribution in [0.15, 0.2) is 24.4 Å². The summed E-state index contributed by atoms with van der Waals surface area (Å²) in [6, 6.07) is 4.83. The van der Waals surface area contributed by atoms with Crippen molar-refractivity contribution in [3.05, 3.63) is 40.0 Å². The van der Waals surface area contributed by atoms with Crippen molar-refractivity contribution in [1.29, 1.82) is 0 Å². The topological polar surface area (TPSA) is 88.9 Å². The van der Waals surface area contributed by atoms with Crippen LogP contribution in [0.4, 0.5) is 0 Å². The second-order valence-corrected chi connectivity index (χ2v) is 7.92. The van der Waals surface area contributed by atoms with Crippen LogP contribution < -0.4 is 14.8 Å². The number of nitrogens with zero attached hydrogens (tertiary/aromatic N) is 4. The molecule has 3 rings (SSSR count). The average molecular weight is 470 g/mol. The van der Waals surface area contributed by atoms with E-state index >= 15 is 0 Å². The Bertz CT molecular complexity index is 928. The number of piperazine rings is 1. The van der Waals surface area contributed by atoms with Gasteiger partial charge in [0.05, 0.1) is 12.1 Å². The molecule has 1 aliphatic heterocycles. The molecular formula is C20H25Cl2N5O4. The predicted octanol–water partition coefficient (Wildman–Crippen LogP) is 1.69. The summed E-state index contributed by atoms with van der Waals surface area (Å²) in [6.45, 7) is 3.69. The molecule has 1 N–H and O–H groups in total. The smallest absolute Gasteiger partial charge is 0.261 e. The zero-order chi connectivity index (χ0) is 22.4. The molecule has 0 saturated carbocycles. The molecule has 2 aromatic rings. The lowest BCUT2D eigenvalue weighted by Crippen LogP contribution is -2.50. The van der Waals surface area contributed by atoms with Crippen molar-refractivity contribution in [3.63, 3.8) is 0 Å². The van der Waals surface area contributed by atoms with Crippen LogP contribution in [0.25, 0.3) is 0 Å². The van der Waals surface area contributed by atoms with Crippen LogP contribution in [0.3, 0.4) is 0 Å². The average Bonchev–Trinajstić information content (AvgIpc) is 3.14. The van der Waals surface area contributed by atoms with E-state index in [-0.39, 0.29) is 18.4 Å². The van der Waals surface area contributed by atoms with E-state index < -0.39 is 0 Å². The van der Waals surface area contributed by atoms with E-state index in [0.717, 1.165) is 13.1 Å². The minimum absolute atomic E-state index is 0.0871. The van der Waals surface area contributed by atoms with Gasteiger partial charge in [-0.3, -0.25) is 19.2 Å². The van der Waals surface area contributed by atoms with Crippen molar-refractivity contribution in [2.24, 2.45) is 7.05 Å². The summed E-state index contributed by atoms with van der Waals surface area (Å²) in [5.74, 6) is 0.423. The quantitative estimate of drug-likeness (QED) is 0.632. The molecular weight excluding hydrogens is 445 g/mol. The number of rotatable bonds is 8. The lowest BCUT2D eigenvalue weighted by molar-refractivity contribution is -0.123. The Hall–Kier alpha value is -2.49. The molecule has 1 aromatic carbocycles. The normalized spacial score (nSPS) is 14.4. The fraction of sp³-hybridized carbons (Fsp3) is 0.450. The van der Waals surface area contributed by atoms with Crippen LogP contribution in [0.5, 0.6) is 11.6 Å². The van der Waals surface area contributed by atoms with Crippen molar-refractivity contribution >= 4 is 35.0 Å². The van der Waals surface area contributed by atoms with Crippen LogP contribution in [0, 0.1) is 0 Å². The second-order valence-electron chi connectivity index (χ2n) is 7.07. The van der Waals surface area contributed by atoms with E-state index in [4.69, 9.17) is 32.7 Å². The van der Waals surface area contributed by atoms with Gasteiger partial charge in [-0.05, 0) is 18.2 Å². The van der Waals surface area contributed by atoms with E-state index in [0.29, 0.717) is 53.4 Å². The molecule has 0 bridgehead atoms. The number of halogens is 2. The Morgan fingerprint density at radius 2 is 1.94 bits per heavy atom. The van der Waals surface area contributed by atoms with Crippen molar-refractivity contribution < 1.29 is 19.1 Å². The summed E-state index contributed by atoms with van der Waals surface area (Å²) in [4.78, 5) is 28.7. The van der Waals surface area contributed by atoms with Crippen LogP contribution in [-0.2, 0) is 11.8 Å². The van der Waals surface area contributed by atoms with Gasteiger partial charge >= 0.3 is 0 Å². The van der Waals surface area contributed by atoms with Gasteiger partial charge in [-0.2, -0.15) is 0 Å². The molecule has 0 atom stereocenters. The van der Waals surface area contributed by atoms with Gasteiger partial charge in [0.15, 0.2) is 6.61 Å². The van der Waals surface area contributed by atoms with E-state index in [1.54, 1.807) is 41.0 Å². The Morgan fingerprint density at radius 3 is 2.61 bits per heavy atom. The van der Waals surface area contributed by atoms with Gasteiger partial charge in [-0.25, -0.2) is 0 Å². The molecule has 9 nitrogen and oxygen atoms in total. The lowest BCUT2D eigenvalue weighted by Gasteiger charge is -2.34. The van der Waals surface area contributed by atoms with Gasteiger partial charge in [0.25, 0.3) is 11.8 Å². The summed E-state index contributed by atoms with van der Waals surface area (Å²) in [6.07, 6.45) is 1.67. The number of amides is 2. The largest absolute Gasteiger partial charge is 0.482 e. The van der Waals surface area contributed by atoms with E-state index in [2.05, 4.69) is 15.3 Å². The zero-order valence-corrected chi connectivity index (χ0v) is 18.9. The van der Waals surface area contributed by atoms with Crippen LogP contribution in [0.1, 0.15) is 10.4 Å². The highest BCUT2D eigenvalue weighted by atomic mass is 35.5. The second kappa shape index (κ2) is 10.7. The molecule has 2 amide bonds. The predicted molar refractivity (Wildman–Crippen MR) is 117 cm³/mol. The summed E-state index contributed by atoms with van der Waals surface area (Å²) in [5, 5.41) is 7.82. The molecule has 1 fully saturated rings. The third kappa shape index (κ3) is 6.25. The minimum atomic E-state index is -0.233. The van der Waals surface area contributed by atoms with Crippen molar-refractivity contribution in [2.45, 2.75) is 0 Å². The molecule has 0 aliphatic carbocycles. The fourth-order valence-corrected chi connectivity index (χ4v) is 3.71. The molecule has 1 saturated heterocycles. The third-order valence-corrected chi connectivity index (χ3v) is 5.41. The first-order valence-electron chi connectivity index (χ1n) is 9.81. The number of carbonyl (C=O) groups is 2. The number of aromatic nitrogens is 2. The number of ether oxygens (including phenoxy) is 2.